The zero-order valence-corrected chi connectivity index (χ0v) is 12.9. The van der Waals surface area contributed by atoms with Gasteiger partial charge in [0.15, 0.2) is 0 Å². The SMILES string of the molecule is C=CC1=CC(NCCCCCCCC)N(C(C)=O)C=C1. The molecule has 0 saturated carbocycles. The van der Waals surface area contributed by atoms with Gasteiger partial charge in [-0.05, 0) is 30.7 Å². The number of hydrogen-bond donors (Lipinski definition) is 1. The molecule has 0 radical (unpaired) electrons. The fourth-order valence-electron chi connectivity index (χ4n) is 2.33. The van der Waals surface area contributed by atoms with Crippen LogP contribution < -0.4 is 5.32 Å². The highest BCUT2D eigenvalue weighted by molar-refractivity contribution is 5.75. The normalized spacial score (nSPS) is 18.0. The van der Waals surface area contributed by atoms with Crippen LogP contribution >= 0.6 is 0 Å². The third-order valence-corrected chi connectivity index (χ3v) is 3.56. The monoisotopic (exact) mass is 276 g/mol. The van der Waals surface area contributed by atoms with Crippen molar-refractivity contribution in [3.63, 3.8) is 0 Å². The number of carbonyl (C=O) groups excluding carboxylic acids is 1. The fourth-order valence-corrected chi connectivity index (χ4v) is 2.33. The van der Waals surface area contributed by atoms with E-state index in [-0.39, 0.29) is 12.1 Å². The molecule has 0 aromatic rings. The largest absolute Gasteiger partial charge is 0.300 e. The Balaban J connectivity index is 2.32. The molecule has 3 heteroatoms. The van der Waals surface area contributed by atoms with Gasteiger partial charge in [-0.2, -0.15) is 0 Å². The average Bonchev–Trinajstić information content (AvgIpc) is 2.45. The minimum absolute atomic E-state index is 0.0406. The topological polar surface area (TPSA) is 32.3 Å². The summed E-state index contributed by atoms with van der Waals surface area (Å²) in [6.45, 7) is 8.54. The molecule has 0 aliphatic carbocycles. The lowest BCUT2D eigenvalue weighted by Gasteiger charge is -2.29. The van der Waals surface area contributed by atoms with Crippen molar-refractivity contribution in [1.82, 2.24) is 10.2 Å². The van der Waals surface area contributed by atoms with Crippen molar-refractivity contribution in [2.45, 2.75) is 58.5 Å². The van der Waals surface area contributed by atoms with Gasteiger partial charge >= 0.3 is 0 Å². The molecule has 0 fully saturated rings. The minimum Gasteiger partial charge on any atom is -0.300 e. The zero-order chi connectivity index (χ0) is 14.8. The number of nitrogens with zero attached hydrogens (tertiary/aromatic N) is 1. The number of hydrogen-bond acceptors (Lipinski definition) is 2. The van der Waals surface area contributed by atoms with Crippen LogP contribution in [0.2, 0.25) is 0 Å². The van der Waals surface area contributed by atoms with Gasteiger partial charge in [-0.1, -0.05) is 51.7 Å². The van der Waals surface area contributed by atoms with Gasteiger partial charge in [-0.3, -0.25) is 15.0 Å². The summed E-state index contributed by atoms with van der Waals surface area (Å²) >= 11 is 0. The Labute approximate surface area is 123 Å². The molecule has 3 nitrogen and oxygen atoms in total. The van der Waals surface area contributed by atoms with E-state index in [1.807, 2.05) is 24.4 Å². The van der Waals surface area contributed by atoms with Crippen LogP contribution in [0.25, 0.3) is 0 Å². The quantitative estimate of drug-likeness (QED) is 0.650. The number of carbonyl (C=O) groups is 1. The predicted octanol–water partition coefficient (Wildman–Crippen LogP) is 3.75. The van der Waals surface area contributed by atoms with Crippen LogP contribution in [0.5, 0.6) is 0 Å². The van der Waals surface area contributed by atoms with E-state index in [0.29, 0.717) is 0 Å². The first-order chi connectivity index (χ1) is 9.69. The highest BCUT2D eigenvalue weighted by atomic mass is 16.2. The molecular formula is C17H28N2O. The van der Waals surface area contributed by atoms with Crippen molar-refractivity contribution in [3.05, 3.63) is 36.6 Å². The molecule has 20 heavy (non-hydrogen) atoms. The summed E-state index contributed by atoms with van der Waals surface area (Å²) in [7, 11) is 0. The lowest BCUT2D eigenvalue weighted by atomic mass is 10.1. The highest BCUT2D eigenvalue weighted by Gasteiger charge is 2.18. The van der Waals surface area contributed by atoms with E-state index >= 15 is 0 Å². The molecule has 0 aromatic carbocycles. The first-order valence-corrected chi connectivity index (χ1v) is 7.73. The highest BCUT2D eigenvalue weighted by Crippen LogP contribution is 2.13. The van der Waals surface area contributed by atoms with Gasteiger partial charge in [0.2, 0.25) is 5.91 Å². The van der Waals surface area contributed by atoms with Crippen LogP contribution in [0.3, 0.4) is 0 Å². The van der Waals surface area contributed by atoms with Gasteiger partial charge in [0.25, 0.3) is 0 Å². The molecule has 1 amide bonds. The van der Waals surface area contributed by atoms with Crippen LogP contribution in [-0.4, -0.2) is 23.5 Å². The Morgan fingerprint density at radius 1 is 1.35 bits per heavy atom. The van der Waals surface area contributed by atoms with Crippen LogP contribution in [0, 0.1) is 0 Å². The van der Waals surface area contributed by atoms with E-state index in [9.17, 15) is 4.79 Å². The molecule has 0 saturated heterocycles. The fraction of sp³-hybridized carbons (Fsp3) is 0.588. The summed E-state index contributed by atoms with van der Waals surface area (Å²) in [5, 5.41) is 3.44. The van der Waals surface area contributed by atoms with Crippen molar-refractivity contribution in [2.24, 2.45) is 0 Å². The maximum Gasteiger partial charge on any atom is 0.224 e. The van der Waals surface area contributed by atoms with E-state index < -0.39 is 0 Å². The molecule has 1 rings (SSSR count). The number of allylic oxidation sites excluding steroid dienone is 3. The Kier molecular flexibility index (Phi) is 7.97. The second-order valence-corrected chi connectivity index (χ2v) is 5.28. The molecule has 0 spiro atoms. The number of rotatable bonds is 9. The van der Waals surface area contributed by atoms with Gasteiger partial charge in [0.05, 0.1) is 0 Å². The van der Waals surface area contributed by atoms with Crippen LogP contribution in [-0.2, 0) is 4.79 Å². The third kappa shape index (κ3) is 5.74. The van der Waals surface area contributed by atoms with E-state index in [0.717, 1.165) is 18.5 Å². The number of nitrogens with one attached hydrogen (secondary N) is 1. The third-order valence-electron chi connectivity index (χ3n) is 3.56. The molecule has 0 aromatic heterocycles. The molecule has 0 bridgehead atoms. The average molecular weight is 276 g/mol. The number of amides is 1. The van der Waals surface area contributed by atoms with Crippen LogP contribution in [0.15, 0.2) is 36.6 Å². The molecule has 1 N–H and O–H groups in total. The smallest absolute Gasteiger partial charge is 0.224 e. The van der Waals surface area contributed by atoms with Crippen molar-refractivity contribution >= 4 is 5.91 Å². The summed E-state index contributed by atoms with van der Waals surface area (Å²) in [4.78, 5) is 13.3. The van der Waals surface area contributed by atoms with E-state index in [2.05, 4.69) is 18.8 Å². The van der Waals surface area contributed by atoms with Gasteiger partial charge in [-0.25, -0.2) is 0 Å². The molecule has 1 atom stereocenters. The summed E-state index contributed by atoms with van der Waals surface area (Å²) in [6.07, 6.45) is 15.3. The van der Waals surface area contributed by atoms with Gasteiger partial charge in [0.1, 0.15) is 6.17 Å². The Morgan fingerprint density at radius 3 is 2.70 bits per heavy atom. The van der Waals surface area contributed by atoms with E-state index in [4.69, 9.17) is 0 Å². The Bertz CT molecular complexity index is 371. The van der Waals surface area contributed by atoms with Crippen molar-refractivity contribution < 1.29 is 4.79 Å². The molecule has 112 valence electrons. The second kappa shape index (κ2) is 9.54. The summed E-state index contributed by atoms with van der Waals surface area (Å²) in [6, 6.07) is 0. The molecule has 1 heterocycles. The number of unbranched alkanes of at least 4 members (excludes halogenated alkanes) is 5. The minimum atomic E-state index is -0.0406. The second-order valence-electron chi connectivity index (χ2n) is 5.28. The Morgan fingerprint density at radius 2 is 2.05 bits per heavy atom. The van der Waals surface area contributed by atoms with Gasteiger partial charge in [0, 0.05) is 13.1 Å². The summed E-state index contributed by atoms with van der Waals surface area (Å²) in [5.74, 6) is 0.0565. The predicted molar refractivity (Wildman–Crippen MR) is 85.1 cm³/mol. The van der Waals surface area contributed by atoms with Crippen molar-refractivity contribution in [2.75, 3.05) is 6.54 Å². The summed E-state index contributed by atoms with van der Waals surface area (Å²) in [5.41, 5.74) is 1.06. The van der Waals surface area contributed by atoms with Crippen LogP contribution in [0.4, 0.5) is 0 Å². The van der Waals surface area contributed by atoms with Gasteiger partial charge < -0.3 is 0 Å². The lowest BCUT2D eigenvalue weighted by Crippen LogP contribution is -2.45. The first kappa shape index (κ1) is 16.7. The lowest BCUT2D eigenvalue weighted by molar-refractivity contribution is -0.127. The molecule has 1 aliphatic heterocycles. The maximum absolute atomic E-state index is 11.6. The summed E-state index contributed by atoms with van der Waals surface area (Å²) < 4.78 is 0. The first-order valence-electron chi connectivity index (χ1n) is 7.73. The zero-order valence-electron chi connectivity index (χ0n) is 12.9. The standard InChI is InChI=1S/C17H28N2O/c1-4-6-7-8-9-10-12-18-17-14-16(5-2)11-13-19(17)15(3)20/h5,11,13-14,17-18H,2,4,6-10,12H2,1,3H3. The molecule has 1 unspecified atom stereocenters. The maximum atomic E-state index is 11.6. The van der Waals surface area contributed by atoms with Crippen molar-refractivity contribution in [1.29, 1.82) is 0 Å². The van der Waals surface area contributed by atoms with Gasteiger partial charge in [-0.15, -0.1) is 0 Å². The van der Waals surface area contributed by atoms with Crippen molar-refractivity contribution in [3.8, 4) is 0 Å². The molecular weight excluding hydrogens is 248 g/mol. The van der Waals surface area contributed by atoms with Crippen LogP contribution in [0.1, 0.15) is 52.4 Å². The molecule has 1 aliphatic rings. The van der Waals surface area contributed by atoms with E-state index in [1.165, 1.54) is 32.1 Å². The Hall–Kier alpha value is -1.35. The van der Waals surface area contributed by atoms with E-state index in [1.54, 1.807) is 11.8 Å².